The number of nitrogens with one attached hydrogen (secondary N) is 1. The number of quaternary nitrogens is 1. The van der Waals surface area contributed by atoms with Crippen LogP contribution in [0.5, 0.6) is 0 Å². The second-order valence-electron chi connectivity index (χ2n) is 19.3. The predicted octanol–water partition coefficient (Wildman–Crippen LogP) is 2.84. The van der Waals surface area contributed by atoms with Crippen LogP contribution in [0.3, 0.4) is 0 Å². The highest BCUT2D eigenvalue weighted by molar-refractivity contribution is 6.03. The number of amides is 2. The van der Waals surface area contributed by atoms with Crippen LogP contribution in [-0.2, 0) is 48.9 Å². The number of hydrogen-bond donors (Lipinski definition) is 7. The largest absolute Gasteiger partial charge is 0.479 e. The smallest absolute Gasteiger partial charge is 0.342 e. The number of aliphatic hydroxyl groups excluding tert-OH is 4. The van der Waals surface area contributed by atoms with Gasteiger partial charge in [-0.2, -0.15) is 4.58 Å². The Balaban J connectivity index is 0.892. The summed E-state index contributed by atoms with van der Waals surface area (Å²) in [5, 5.41) is 56.7. The number of unbranched alkanes of at least 4 members (excludes halogenated alkanes) is 5. The van der Waals surface area contributed by atoms with Gasteiger partial charge in [-0.1, -0.05) is 81.3 Å². The van der Waals surface area contributed by atoms with E-state index < -0.39 is 73.3 Å². The molecule has 0 bridgehead atoms. The van der Waals surface area contributed by atoms with Crippen LogP contribution in [0.4, 0.5) is 11.4 Å². The molecule has 0 spiro atoms. The average molecular weight is 963 g/mol. The lowest BCUT2D eigenvalue weighted by molar-refractivity contribution is -0.576. The average Bonchev–Trinajstić information content (AvgIpc) is 3.66. The maximum Gasteiger partial charge on any atom is 0.342 e. The second-order valence-corrected chi connectivity index (χ2v) is 19.3. The number of allylic oxidation sites excluding steroid dienone is 6. The number of rotatable bonds is 22. The molecule has 378 valence electrons. The van der Waals surface area contributed by atoms with E-state index in [-0.39, 0.29) is 16.7 Å². The van der Waals surface area contributed by atoms with Crippen molar-refractivity contribution in [3.63, 3.8) is 0 Å². The SMILES string of the molecule is COC1OC(C(=O)[NH2+]CCCCCCNC(=O)CCCCCN2/C(=C/C=C/C=C/C3=[N+](C)c4ccccc4C3(C)C)C(C)(C)c3ccccc32)C(OC2OC(C(=O)O)C(OC)C(O)C2O)C(O)C1O. The van der Waals surface area contributed by atoms with Crippen molar-refractivity contribution in [3.8, 4) is 0 Å². The third kappa shape index (κ3) is 12.1. The van der Waals surface area contributed by atoms with E-state index in [1.54, 1.807) is 0 Å². The van der Waals surface area contributed by atoms with Gasteiger partial charge in [0.2, 0.25) is 17.7 Å². The predicted molar refractivity (Wildman–Crippen MR) is 257 cm³/mol. The number of nitrogens with zero attached hydrogens (tertiary/aromatic N) is 2. The summed E-state index contributed by atoms with van der Waals surface area (Å²) in [5.74, 6) is -2.07. The van der Waals surface area contributed by atoms with Crippen molar-refractivity contribution in [1.82, 2.24) is 5.32 Å². The van der Waals surface area contributed by atoms with Crippen LogP contribution in [-0.4, -0.2) is 156 Å². The molecule has 10 atom stereocenters. The second kappa shape index (κ2) is 24.0. The van der Waals surface area contributed by atoms with Gasteiger partial charge in [0.1, 0.15) is 43.7 Å². The number of hydrogen-bond acceptors (Lipinski definition) is 13. The normalized spacial score (nSPS) is 29.0. The fourth-order valence-electron chi connectivity index (χ4n) is 10.1. The highest BCUT2D eigenvalue weighted by atomic mass is 16.7. The first-order valence-electron chi connectivity index (χ1n) is 24.2. The third-order valence-corrected chi connectivity index (χ3v) is 14.0. The minimum atomic E-state index is -1.83. The van der Waals surface area contributed by atoms with Crippen LogP contribution in [0, 0.1) is 0 Å². The molecule has 17 heteroatoms. The first kappa shape index (κ1) is 53.7. The molecule has 69 heavy (non-hydrogen) atoms. The Bertz CT molecular complexity index is 2220. The Morgan fingerprint density at radius 1 is 0.754 bits per heavy atom. The summed E-state index contributed by atoms with van der Waals surface area (Å²) in [7, 11) is 4.50. The van der Waals surface area contributed by atoms with Crippen molar-refractivity contribution >= 4 is 34.9 Å². The molecule has 2 saturated heterocycles. The van der Waals surface area contributed by atoms with Crippen molar-refractivity contribution in [1.29, 1.82) is 0 Å². The molecule has 0 aromatic heterocycles. The summed E-state index contributed by atoms with van der Waals surface area (Å²) in [6.45, 7) is 10.9. The number of fused-ring (bicyclic) bond motifs is 2. The molecule has 2 amide bonds. The first-order chi connectivity index (χ1) is 32.9. The monoisotopic (exact) mass is 963 g/mol. The quantitative estimate of drug-likeness (QED) is 0.0512. The number of carbonyl (C=O) groups is 3. The highest BCUT2D eigenvalue weighted by Crippen LogP contribution is 2.48. The zero-order chi connectivity index (χ0) is 50.0. The number of aliphatic carboxylic acids is 1. The lowest BCUT2D eigenvalue weighted by Crippen LogP contribution is -2.92. The van der Waals surface area contributed by atoms with Gasteiger partial charge in [0.15, 0.2) is 24.4 Å². The minimum absolute atomic E-state index is 0.0261. The number of anilines is 1. The van der Waals surface area contributed by atoms with E-state index in [1.165, 1.54) is 46.3 Å². The fraction of sp³-hybridized carbons (Fsp3) is 0.577. The third-order valence-electron chi connectivity index (χ3n) is 14.0. The number of primary amides is 1. The Morgan fingerprint density at radius 3 is 2.12 bits per heavy atom. The molecule has 4 aliphatic rings. The van der Waals surface area contributed by atoms with Gasteiger partial charge < -0.3 is 59.4 Å². The van der Waals surface area contributed by atoms with E-state index in [0.29, 0.717) is 25.9 Å². The van der Waals surface area contributed by atoms with Crippen molar-refractivity contribution in [2.24, 2.45) is 0 Å². The molecule has 0 radical (unpaired) electrons. The Kier molecular flexibility index (Phi) is 18.6. The number of carboxylic acids is 1. The van der Waals surface area contributed by atoms with Gasteiger partial charge in [-0.05, 0) is 63.7 Å². The zero-order valence-electron chi connectivity index (χ0n) is 41.0. The van der Waals surface area contributed by atoms with Gasteiger partial charge in [0.05, 0.1) is 12.0 Å². The van der Waals surface area contributed by atoms with Gasteiger partial charge in [0, 0.05) is 68.2 Å². The molecular formula is C52H74N4O13+2. The number of benzene rings is 2. The van der Waals surface area contributed by atoms with Crippen molar-refractivity contribution in [2.45, 2.75) is 151 Å². The maximum atomic E-state index is 13.4. The van der Waals surface area contributed by atoms with Gasteiger partial charge in [-0.25, -0.2) is 9.59 Å². The zero-order valence-corrected chi connectivity index (χ0v) is 41.0. The Hall–Kier alpha value is -4.66. The number of aliphatic hydroxyl groups is 4. The van der Waals surface area contributed by atoms with Gasteiger partial charge >= 0.3 is 11.9 Å². The maximum absolute atomic E-state index is 13.4. The Labute approximate surface area is 405 Å². The first-order valence-corrected chi connectivity index (χ1v) is 24.2. The molecule has 10 unspecified atom stereocenters. The van der Waals surface area contributed by atoms with E-state index in [4.69, 9.17) is 23.7 Å². The summed E-state index contributed by atoms with van der Waals surface area (Å²) < 4.78 is 29.1. The minimum Gasteiger partial charge on any atom is -0.479 e. The lowest BCUT2D eigenvalue weighted by atomic mass is 9.81. The summed E-state index contributed by atoms with van der Waals surface area (Å²) in [6.07, 6.45) is 0.393. The lowest BCUT2D eigenvalue weighted by Gasteiger charge is -2.45. The molecule has 0 saturated carbocycles. The molecular weight excluding hydrogens is 889 g/mol. The van der Waals surface area contributed by atoms with E-state index in [0.717, 1.165) is 52.2 Å². The van der Waals surface area contributed by atoms with Crippen molar-refractivity contribution in [2.75, 3.05) is 45.8 Å². The number of ether oxygens (including phenoxy) is 5. The molecule has 4 heterocycles. The number of carboxylic acid groups (broad SMARTS) is 1. The van der Waals surface area contributed by atoms with E-state index in [1.807, 2.05) is 0 Å². The molecule has 0 aliphatic carbocycles. The molecule has 2 fully saturated rings. The fourth-order valence-corrected chi connectivity index (χ4v) is 10.1. The standard InChI is InChI=1S/C52H72N4O13/c1-51(2)32-22-15-17-24-34(32)55(5)36(51)26-12-10-13-27-37-52(3,4)33-23-16-18-25-35(33)56(37)31-21-11-14-28-38(57)53-29-19-8-9-20-30-54-47(62)45-44(40(59)41(60)49(66-7)68-45)67-50-42(61)39(58)43(65-6)46(69-50)48(63)64/h10,12-13,15-18,22-27,39-46,49-50,58-61H,8-9,11,14,19-21,28-31H2,1-7H3,(H2-,53,54,57,62,63,64)/p+2. The van der Waals surface area contributed by atoms with Crippen molar-refractivity contribution < 1.29 is 73.5 Å². The number of para-hydroxylation sites is 2. The van der Waals surface area contributed by atoms with E-state index >= 15 is 0 Å². The van der Waals surface area contributed by atoms with E-state index in [2.05, 4.69) is 128 Å². The van der Waals surface area contributed by atoms with Crippen LogP contribution in [0.1, 0.15) is 90.2 Å². The molecule has 6 rings (SSSR count). The van der Waals surface area contributed by atoms with E-state index in [9.17, 15) is 39.9 Å². The van der Waals surface area contributed by atoms with Gasteiger partial charge in [-0.3, -0.25) is 10.1 Å². The van der Waals surface area contributed by atoms with Crippen LogP contribution in [0.25, 0.3) is 0 Å². The van der Waals surface area contributed by atoms with Gasteiger partial charge in [-0.15, -0.1) is 0 Å². The molecule has 2 aromatic rings. The summed E-state index contributed by atoms with van der Waals surface area (Å²) in [6, 6.07) is 17.2. The number of nitrogens with two attached hydrogens (primary N) is 1. The molecule has 2 aromatic carbocycles. The van der Waals surface area contributed by atoms with Gasteiger partial charge in [0.25, 0.3) is 0 Å². The topological polar surface area (TPSA) is 233 Å². The molecule has 4 aliphatic heterocycles. The summed E-state index contributed by atoms with van der Waals surface area (Å²) >= 11 is 0. The molecule has 8 N–H and O–H groups in total. The Morgan fingerprint density at radius 2 is 1.41 bits per heavy atom. The van der Waals surface area contributed by atoms with Crippen molar-refractivity contribution in [3.05, 3.63) is 95.7 Å². The van der Waals surface area contributed by atoms with Crippen LogP contribution in [0.15, 0.2) is 84.6 Å². The van der Waals surface area contributed by atoms with Crippen LogP contribution in [0.2, 0.25) is 0 Å². The molecule has 17 nitrogen and oxygen atoms in total. The van der Waals surface area contributed by atoms with Crippen LogP contribution < -0.4 is 15.5 Å². The highest BCUT2D eigenvalue weighted by Gasteiger charge is 2.55. The number of methoxy groups -OCH3 is 2. The number of carbonyl (C=O) groups excluding carboxylic acids is 2. The summed E-state index contributed by atoms with van der Waals surface area (Å²) in [5.41, 5.74) is 7.39. The summed E-state index contributed by atoms with van der Waals surface area (Å²) in [4.78, 5) is 40.3. The van der Waals surface area contributed by atoms with Crippen LogP contribution >= 0.6 is 0 Å².